The fourth-order valence-electron chi connectivity index (χ4n) is 0.999. The highest BCUT2D eigenvalue weighted by molar-refractivity contribution is 7.47. The summed E-state index contributed by atoms with van der Waals surface area (Å²) in [6, 6.07) is 0. The van der Waals surface area contributed by atoms with E-state index in [2.05, 4.69) is 18.1 Å². The Hall–Kier alpha value is 0.180. The monoisotopic (exact) mass is 336 g/mol. The molecular formula is C9H22O9P2. The van der Waals surface area contributed by atoms with Crippen molar-refractivity contribution in [1.29, 1.82) is 0 Å². The lowest BCUT2D eigenvalue weighted by Gasteiger charge is -2.20. The van der Waals surface area contributed by atoms with Crippen LogP contribution in [0.2, 0.25) is 0 Å². The van der Waals surface area contributed by atoms with Gasteiger partial charge in [0.1, 0.15) is 6.10 Å². The standard InChI is InChI=1S/C9H22O9P2/c1-4-5-6-16-9(7-17-19(10,11)14-2)8-18-20(12,13)15-3/h9H,4-8H2,1-3H3,(H,10,11)(H,12,13). The Balaban J connectivity index is 4.33. The Morgan fingerprint density at radius 1 is 1.00 bits per heavy atom. The van der Waals surface area contributed by atoms with Crippen molar-refractivity contribution in [3.63, 3.8) is 0 Å². The fraction of sp³-hybridized carbons (Fsp3) is 1.00. The zero-order valence-electron chi connectivity index (χ0n) is 11.8. The summed E-state index contributed by atoms with van der Waals surface area (Å²) in [7, 11) is -6.22. The van der Waals surface area contributed by atoms with E-state index in [4.69, 9.17) is 14.5 Å². The minimum Gasteiger partial charge on any atom is -0.373 e. The van der Waals surface area contributed by atoms with E-state index in [1.165, 1.54) is 0 Å². The summed E-state index contributed by atoms with van der Waals surface area (Å²) in [6.45, 7) is 1.68. The highest BCUT2D eigenvalue weighted by Crippen LogP contribution is 2.43. The fourth-order valence-corrected chi connectivity index (χ4v) is 1.92. The first kappa shape index (κ1) is 20.2. The number of rotatable bonds is 12. The molecule has 20 heavy (non-hydrogen) atoms. The lowest BCUT2D eigenvalue weighted by Crippen LogP contribution is -2.25. The molecule has 122 valence electrons. The van der Waals surface area contributed by atoms with E-state index < -0.39 is 21.7 Å². The van der Waals surface area contributed by atoms with Gasteiger partial charge in [-0.1, -0.05) is 13.3 Å². The quantitative estimate of drug-likeness (QED) is 0.405. The molecule has 0 saturated carbocycles. The molecule has 0 spiro atoms. The van der Waals surface area contributed by atoms with Crippen molar-refractivity contribution in [3.05, 3.63) is 0 Å². The molecule has 0 heterocycles. The van der Waals surface area contributed by atoms with Crippen molar-refractivity contribution in [2.45, 2.75) is 25.9 Å². The van der Waals surface area contributed by atoms with Crippen LogP contribution in [0, 0.1) is 0 Å². The second-order valence-corrected chi connectivity index (χ2v) is 6.86. The van der Waals surface area contributed by atoms with Gasteiger partial charge in [-0.3, -0.25) is 18.1 Å². The average molecular weight is 336 g/mol. The summed E-state index contributed by atoms with van der Waals surface area (Å²) < 4.78 is 45.4. The van der Waals surface area contributed by atoms with Crippen LogP contribution in [0.5, 0.6) is 0 Å². The Morgan fingerprint density at radius 2 is 1.45 bits per heavy atom. The summed E-state index contributed by atoms with van der Waals surface area (Å²) in [5.41, 5.74) is 0. The van der Waals surface area contributed by atoms with Gasteiger partial charge in [0, 0.05) is 20.8 Å². The molecule has 11 heteroatoms. The summed E-state index contributed by atoms with van der Waals surface area (Å²) in [5.74, 6) is 0. The third-order valence-electron chi connectivity index (χ3n) is 2.16. The maximum absolute atomic E-state index is 11.2. The van der Waals surface area contributed by atoms with Gasteiger partial charge in [-0.25, -0.2) is 9.13 Å². The minimum absolute atomic E-state index is 0.324. The zero-order valence-corrected chi connectivity index (χ0v) is 13.5. The molecule has 0 amide bonds. The number of hydrogen-bond donors (Lipinski definition) is 2. The van der Waals surface area contributed by atoms with Crippen LogP contribution in [0.25, 0.3) is 0 Å². The molecule has 0 saturated heterocycles. The third-order valence-corrected chi connectivity index (χ3v) is 4.03. The van der Waals surface area contributed by atoms with Crippen molar-refractivity contribution >= 4 is 15.6 Å². The van der Waals surface area contributed by atoms with Crippen molar-refractivity contribution in [1.82, 2.24) is 0 Å². The van der Waals surface area contributed by atoms with Gasteiger partial charge in [-0.15, -0.1) is 0 Å². The molecule has 0 aromatic carbocycles. The zero-order chi connectivity index (χ0) is 15.6. The van der Waals surface area contributed by atoms with Crippen LogP contribution in [0.4, 0.5) is 0 Å². The molecule has 0 aliphatic rings. The molecule has 0 aliphatic heterocycles. The van der Waals surface area contributed by atoms with Crippen LogP contribution in [0.3, 0.4) is 0 Å². The average Bonchev–Trinajstić information content (AvgIpc) is 2.41. The third kappa shape index (κ3) is 9.99. The number of phosphoric acid groups is 2. The van der Waals surface area contributed by atoms with E-state index in [0.717, 1.165) is 27.1 Å². The Kier molecular flexibility index (Phi) is 10.1. The maximum Gasteiger partial charge on any atom is 0.472 e. The van der Waals surface area contributed by atoms with Gasteiger partial charge in [0.05, 0.1) is 13.2 Å². The van der Waals surface area contributed by atoms with Crippen molar-refractivity contribution in [3.8, 4) is 0 Å². The maximum atomic E-state index is 11.2. The SMILES string of the molecule is CCCCOC(COP(=O)(O)OC)COP(=O)(O)OC. The second kappa shape index (κ2) is 10.00. The lowest BCUT2D eigenvalue weighted by atomic mass is 10.3. The van der Waals surface area contributed by atoms with Crippen LogP contribution in [0.15, 0.2) is 0 Å². The molecular weight excluding hydrogens is 314 g/mol. The van der Waals surface area contributed by atoms with Crippen molar-refractivity contribution in [2.24, 2.45) is 0 Å². The lowest BCUT2D eigenvalue weighted by molar-refractivity contribution is -0.0217. The first-order valence-corrected chi connectivity index (χ1v) is 8.93. The highest BCUT2D eigenvalue weighted by atomic mass is 31.2. The van der Waals surface area contributed by atoms with Crippen LogP contribution in [0.1, 0.15) is 19.8 Å². The van der Waals surface area contributed by atoms with Gasteiger partial charge in [-0.05, 0) is 6.42 Å². The Bertz CT molecular complexity index is 320. The van der Waals surface area contributed by atoms with Gasteiger partial charge in [0.25, 0.3) is 0 Å². The predicted molar refractivity (Wildman–Crippen MR) is 70.2 cm³/mol. The largest absolute Gasteiger partial charge is 0.472 e. The molecule has 0 radical (unpaired) electrons. The molecule has 0 aliphatic carbocycles. The van der Waals surface area contributed by atoms with E-state index in [0.29, 0.717) is 6.61 Å². The van der Waals surface area contributed by atoms with Gasteiger partial charge >= 0.3 is 15.6 Å². The number of hydrogen-bond acceptors (Lipinski definition) is 7. The van der Waals surface area contributed by atoms with E-state index in [-0.39, 0.29) is 13.2 Å². The Morgan fingerprint density at radius 3 is 1.80 bits per heavy atom. The van der Waals surface area contributed by atoms with Crippen LogP contribution >= 0.6 is 15.6 Å². The smallest absolute Gasteiger partial charge is 0.373 e. The van der Waals surface area contributed by atoms with Crippen LogP contribution < -0.4 is 0 Å². The summed E-state index contributed by atoms with van der Waals surface area (Å²) in [5, 5.41) is 0. The van der Waals surface area contributed by atoms with Crippen molar-refractivity contribution < 1.29 is 41.7 Å². The minimum atomic E-state index is -4.14. The number of phosphoric ester groups is 2. The van der Waals surface area contributed by atoms with Gasteiger partial charge in [0.15, 0.2) is 0 Å². The van der Waals surface area contributed by atoms with Gasteiger partial charge in [0.2, 0.25) is 0 Å². The molecule has 0 aromatic rings. The molecule has 9 nitrogen and oxygen atoms in total. The number of ether oxygens (including phenoxy) is 1. The summed E-state index contributed by atoms with van der Waals surface area (Å²) >= 11 is 0. The molecule has 0 bridgehead atoms. The second-order valence-electron chi connectivity index (χ2n) is 3.74. The van der Waals surface area contributed by atoms with Gasteiger partial charge < -0.3 is 14.5 Å². The van der Waals surface area contributed by atoms with Crippen LogP contribution in [-0.4, -0.2) is 49.9 Å². The van der Waals surface area contributed by atoms with E-state index >= 15 is 0 Å². The molecule has 2 N–H and O–H groups in total. The summed E-state index contributed by atoms with van der Waals surface area (Å²) in [4.78, 5) is 18.2. The van der Waals surface area contributed by atoms with Crippen LogP contribution in [-0.2, 0) is 32.0 Å². The van der Waals surface area contributed by atoms with E-state index in [1.807, 2.05) is 6.92 Å². The first-order chi connectivity index (χ1) is 9.26. The molecule has 2 unspecified atom stereocenters. The van der Waals surface area contributed by atoms with Gasteiger partial charge in [-0.2, -0.15) is 0 Å². The highest BCUT2D eigenvalue weighted by Gasteiger charge is 2.25. The summed E-state index contributed by atoms with van der Waals surface area (Å²) in [6.07, 6.45) is 0.855. The molecule has 2 atom stereocenters. The molecule has 0 rings (SSSR count). The Labute approximate surface area is 118 Å². The van der Waals surface area contributed by atoms with E-state index in [1.54, 1.807) is 0 Å². The molecule has 0 fully saturated rings. The molecule has 0 aromatic heterocycles. The normalized spacial score (nSPS) is 19.2. The first-order valence-electron chi connectivity index (χ1n) is 5.94. The predicted octanol–water partition coefficient (Wildman–Crippen LogP) is 1.70. The topological polar surface area (TPSA) is 121 Å². The number of unbranched alkanes of at least 4 members (excludes halogenated alkanes) is 1. The van der Waals surface area contributed by atoms with E-state index in [9.17, 15) is 9.13 Å². The van der Waals surface area contributed by atoms with Crippen molar-refractivity contribution in [2.75, 3.05) is 34.0 Å².